The zero-order chi connectivity index (χ0) is 28.2. The summed E-state index contributed by atoms with van der Waals surface area (Å²) in [5.41, 5.74) is 0.482. The first kappa shape index (κ1) is 28.3. The van der Waals surface area contributed by atoms with Crippen LogP contribution >= 0.6 is 23.2 Å². The summed E-state index contributed by atoms with van der Waals surface area (Å²) < 4.78 is 27.7. The molecular formula is C25H24Cl2N6O5S. The molecule has 2 heterocycles. The average Bonchev–Trinajstić information content (AvgIpc) is 3.54. The van der Waals surface area contributed by atoms with Crippen LogP contribution in [0.15, 0.2) is 65.7 Å². The molecule has 39 heavy (non-hydrogen) atoms. The van der Waals surface area contributed by atoms with Gasteiger partial charge in [-0.2, -0.15) is 9.40 Å². The molecule has 1 atom stereocenters. The Hall–Kier alpha value is -3.71. The third-order valence-corrected chi connectivity index (χ3v) is 8.34. The van der Waals surface area contributed by atoms with E-state index in [1.54, 1.807) is 25.1 Å². The van der Waals surface area contributed by atoms with Gasteiger partial charge in [0.05, 0.1) is 32.4 Å². The van der Waals surface area contributed by atoms with Gasteiger partial charge in [0.25, 0.3) is 11.8 Å². The highest BCUT2D eigenvalue weighted by molar-refractivity contribution is 7.89. The van der Waals surface area contributed by atoms with Crippen molar-refractivity contribution in [2.24, 2.45) is 0 Å². The van der Waals surface area contributed by atoms with E-state index in [4.69, 9.17) is 23.2 Å². The van der Waals surface area contributed by atoms with Gasteiger partial charge in [0.1, 0.15) is 5.69 Å². The standard InChI is InChI=1S/C25H24Cl2N6O5S/c1-2-5-21(34)29-15-6-3-7-17(12-15)39(37,38)33-11-10-16(14-33)30-25(36)23-20(13-28-32-23)31-24(35)22-18(26)8-4-9-19(22)27/h2-9,12-13,16H,10-11,14H2,1H3,(H,28,32)(H,29,34)(H,30,36)(H,31,35)/t16-/m0/s1. The molecule has 1 aromatic heterocycles. The summed E-state index contributed by atoms with van der Waals surface area (Å²) in [5.74, 6) is -1.57. The van der Waals surface area contributed by atoms with Gasteiger partial charge in [0.2, 0.25) is 15.9 Å². The maximum atomic E-state index is 13.2. The number of carbonyl (C=O) groups excluding carboxylic acids is 3. The van der Waals surface area contributed by atoms with Crippen LogP contribution in [0.25, 0.3) is 0 Å². The summed E-state index contributed by atoms with van der Waals surface area (Å²) >= 11 is 12.2. The van der Waals surface area contributed by atoms with Crippen LogP contribution in [0.5, 0.6) is 0 Å². The molecule has 1 fully saturated rings. The number of hydrogen-bond donors (Lipinski definition) is 4. The van der Waals surface area contributed by atoms with E-state index in [1.165, 1.54) is 46.9 Å². The molecule has 3 amide bonds. The van der Waals surface area contributed by atoms with Crippen molar-refractivity contribution in [3.05, 3.63) is 82.1 Å². The molecule has 1 saturated heterocycles. The number of anilines is 2. The largest absolute Gasteiger partial charge is 0.347 e. The number of allylic oxidation sites excluding steroid dienone is 1. The van der Waals surface area contributed by atoms with Crippen molar-refractivity contribution < 1.29 is 22.8 Å². The topological polar surface area (TPSA) is 153 Å². The molecule has 14 heteroatoms. The highest BCUT2D eigenvalue weighted by Crippen LogP contribution is 2.27. The average molecular weight is 591 g/mol. The van der Waals surface area contributed by atoms with Gasteiger partial charge in [-0.05, 0) is 49.8 Å². The van der Waals surface area contributed by atoms with Gasteiger partial charge in [0, 0.05) is 24.8 Å². The predicted molar refractivity (Wildman–Crippen MR) is 148 cm³/mol. The van der Waals surface area contributed by atoms with Crippen LogP contribution in [0.4, 0.5) is 11.4 Å². The first-order valence-corrected chi connectivity index (χ1v) is 13.9. The molecule has 204 valence electrons. The number of carbonyl (C=O) groups is 3. The Morgan fingerprint density at radius 3 is 2.51 bits per heavy atom. The number of sulfonamides is 1. The van der Waals surface area contributed by atoms with Crippen molar-refractivity contribution in [1.82, 2.24) is 19.8 Å². The fraction of sp³-hybridized carbons (Fsp3) is 0.200. The number of H-pyrrole nitrogens is 1. The quantitative estimate of drug-likeness (QED) is 0.293. The fourth-order valence-electron chi connectivity index (χ4n) is 3.99. The SMILES string of the molecule is CC=CC(=O)Nc1cccc(S(=O)(=O)N2CC[C@H](NC(=O)c3[nH]ncc3NC(=O)c3c(Cl)cccc3Cl)C2)c1. The van der Waals surface area contributed by atoms with Crippen LogP contribution in [-0.2, 0) is 14.8 Å². The fourth-order valence-corrected chi connectivity index (χ4v) is 6.11. The second-order valence-corrected chi connectivity index (χ2v) is 11.3. The summed E-state index contributed by atoms with van der Waals surface area (Å²) in [6, 6.07) is 10.1. The molecule has 0 radical (unpaired) electrons. The van der Waals surface area contributed by atoms with Crippen LogP contribution in [0.2, 0.25) is 10.0 Å². The van der Waals surface area contributed by atoms with Crippen molar-refractivity contribution >= 4 is 62.3 Å². The number of nitrogens with one attached hydrogen (secondary N) is 4. The first-order valence-electron chi connectivity index (χ1n) is 11.7. The number of benzene rings is 2. The molecule has 4 rings (SSSR count). The maximum Gasteiger partial charge on any atom is 0.271 e. The maximum absolute atomic E-state index is 13.2. The lowest BCUT2D eigenvalue weighted by Gasteiger charge is -2.18. The summed E-state index contributed by atoms with van der Waals surface area (Å²) in [5, 5.41) is 14.6. The second-order valence-electron chi connectivity index (χ2n) is 8.55. The molecule has 1 aliphatic rings. The van der Waals surface area contributed by atoms with Gasteiger partial charge < -0.3 is 16.0 Å². The van der Waals surface area contributed by atoms with Crippen LogP contribution in [0.1, 0.15) is 34.2 Å². The number of aromatic amines is 1. The minimum absolute atomic E-state index is 0.0163. The lowest BCUT2D eigenvalue weighted by atomic mass is 10.2. The second kappa shape index (κ2) is 12.0. The molecule has 0 unspecified atom stereocenters. The van der Waals surface area contributed by atoms with Crippen molar-refractivity contribution in [2.45, 2.75) is 24.3 Å². The first-order chi connectivity index (χ1) is 18.6. The molecule has 4 N–H and O–H groups in total. The third-order valence-electron chi connectivity index (χ3n) is 5.85. The van der Waals surface area contributed by atoms with Gasteiger partial charge in [-0.25, -0.2) is 8.42 Å². The third kappa shape index (κ3) is 6.48. The Balaban J connectivity index is 1.41. The van der Waals surface area contributed by atoms with E-state index in [2.05, 4.69) is 26.1 Å². The molecule has 0 spiro atoms. The highest BCUT2D eigenvalue weighted by atomic mass is 35.5. The Labute approximate surface area is 234 Å². The number of amides is 3. The Bertz CT molecular complexity index is 1540. The van der Waals surface area contributed by atoms with Crippen LogP contribution < -0.4 is 16.0 Å². The van der Waals surface area contributed by atoms with Crippen molar-refractivity contribution in [3.63, 3.8) is 0 Å². The van der Waals surface area contributed by atoms with Crippen LogP contribution in [-0.4, -0.2) is 59.8 Å². The van der Waals surface area contributed by atoms with Crippen LogP contribution in [0.3, 0.4) is 0 Å². The van der Waals surface area contributed by atoms with E-state index in [1.807, 2.05) is 0 Å². The minimum atomic E-state index is -3.88. The van der Waals surface area contributed by atoms with E-state index in [9.17, 15) is 22.8 Å². The number of halogens is 2. The van der Waals surface area contributed by atoms with E-state index in [0.717, 1.165) is 0 Å². The molecule has 2 aromatic carbocycles. The summed E-state index contributed by atoms with van der Waals surface area (Å²) in [6.07, 6.45) is 4.54. The summed E-state index contributed by atoms with van der Waals surface area (Å²) in [7, 11) is -3.88. The monoisotopic (exact) mass is 590 g/mol. The van der Waals surface area contributed by atoms with Crippen LogP contribution in [0, 0.1) is 0 Å². The van der Waals surface area contributed by atoms with Crippen molar-refractivity contribution in [2.75, 3.05) is 23.7 Å². The molecule has 0 aliphatic carbocycles. The minimum Gasteiger partial charge on any atom is -0.347 e. The van der Waals surface area contributed by atoms with Gasteiger partial charge in [0.15, 0.2) is 0 Å². The molecule has 0 saturated carbocycles. The zero-order valence-electron chi connectivity index (χ0n) is 20.6. The van der Waals surface area contributed by atoms with E-state index < -0.39 is 27.9 Å². The van der Waals surface area contributed by atoms with Gasteiger partial charge in [-0.1, -0.05) is 41.4 Å². The molecule has 0 bridgehead atoms. The molecule has 11 nitrogen and oxygen atoms in total. The summed E-state index contributed by atoms with van der Waals surface area (Å²) in [6.45, 7) is 1.91. The number of hydrogen-bond acceptors (Lipinski definition) is 6. The van der Waals surface area contributed by atoms with E-state index in [-0.39, 0.29) is 50.9 Å². The van der Waals surface area contributed by atoms with Gasteiger partial charge in [-0.3, -0.25) is 19.5 Å². The molecular weight excluding hydrogens is 567 g/mol. The zero-order valence-corrected chi connectivity index (χ0v) is 22.9. The lowest BCUT2D eigenvalue weighted by molar-refractivity contribution is -0.111. The number of nitrogens with zero attached hydrogens (tertiary/aromatic N) is 2. The smallest absolute Gasteiger partial charge is 0.271 e. The lowest BCUT2D eigenvalue weighted by Crippen LogP contribution is -2.39. The normalized spacial score (nSPS) is 15.8. The summed E-state index contributed by atoms with van der Waals surface area (Å²) in [4.78, 5) is 37.5. The molecule has 1 aliphatic heterocycles. The Morgan fingerprint density at radius 1 is 1.08 bits per heavy atom. The van der Waals surface area contributed by atoms with Crippen molar-refractivity contribution in [1.29, 1.82) is 0 Å². The predicted octanol–water partition coefficient (Wildman–Crippen LogP) is 3.68. The molecule has 3 aromatic rings. The van der Waals surface area contributed by atoms with Gasteiger partial charge >= 0.3 is 0 Å². The van der Waals surface area contributed by atoms with Gasteiger partial charge in [-0.15, -0.1) is 0 Å². The van der Waals surface area contributed by atoms with Crippen molar-refractivity contribution in [3.8, 4) is 0 Å². The van der Waals surface area contributed by atoms with E-state index in [0.29, 0.717) is 12.1 Å². The Morgan fingerprint density at radius 2 is 1.79 bits per heavy atom. The number of rotatable bonds is 8. The van der Waals surface area contributed by atoms with E-state index >= 15 is 0 Å². The Kier molecular flexibility index (Phi) is 8.70. The number of aromatic nitrogens is 2. The highest BCUT2D eigenvalue weighted by Gasteiger charge is 2.34.